The van der Waals surface area contributed by atoms with Gasteiger partial charge in [0, 0.05) is 11.1 Å². The number of nitrogens with zero attached hydrogens (tertiary/aromatic N) is 1. The Balaban J connectivity index is 2.19. The van der Waals surface area contributed by atoms with Crippen LogP contribution in [0, 0.1) is 6.92 Å². The lowest BCUT2D eigenvalue weighted by Gasteiger charge is -2.07. The average molecular weight is 282 g/mol. The molecule has 0 saturated carbocycles. The zero-order chi connectivity index (χ0) is 15.2. The maximum atomic E-state index is 12.1. The minimum atomic E-state index is -0.264. The van der Waals surface area contributed by atoms with Crippen molar-refractivity contribution in [1.29, 1.82) is 0 Å². The number of phenols is 1. The predicted molar refractivity (Wildman–Crippen MR) is 83.6 cm³/mol. The maximum absolute atomic E-state index is 12.1. The Kier molecular flexibility index (Phi) is 4.72. The second kappa shape index (κ2) is 6.70. The van der Waals surface area contributed by atoms with Crippen LogP contribution in [0.4, 0.5) is 0 Å². The number of hydrogen-bond acceptors (Lipinski definition) is 3. The number of amides is 1. The highest BCUT2D eigenvalue weighted by Crippen LogP contribution is 2.17. The zero-order valence-electron chi connectivity index (χ0n) is 12.1. The Hall–Kier alpha value is -2.62. The molecule has 4 heteroatoms. The van der Waals surface area contributed by atoms with Crippen LogP contribution in [-0.2, 0) is 0 Å². The number of hydrogen-bond donors (Lipinski definition) is 2. The van der Waals surface area contributed by atoms with Gasteiger partial charge in [-0.2, -0.15) is 5.10 Å². The van der Waals surface area contributed by atoms with Gasteiger partial charge >= 0.3 is 0 Å². The van der Waals surface area contributed by atoms with Gasteiger partial charge in [-0.05, 0) is 37.6 Å². The minimum absolute atomic E-state index is 0.155. The van der Waals surface area contributed by atoms with E-state index in [-0.39, 0.29) is 11.7 Å². The molecule has 0 spiro atoms. The monoisotopic (exact) mass is 282 g/mol. The molecule has 0 aliphatic carbocycles. The summed E-state index contributed by atoms with van der Waals surface area (Å²) in [5, 5.41) is 14.0. The van der Waals surface area contributed by atoms with E-state index in [2.05, 4.69) is 10.5 Å². The van der Waals surface area contributed by atoms with Crippen molar-refractivity contribution in [2.75, 3.05) is 0 Å². The molecule has 0 aliphatic rings. The summed E-state index contributed by atoms with van der Waals surface area (Å²) in [6, 6.07) is 14.2. The summed E-state index contributed by atoms with van der Waals surface area (Å²) in [7, 11) is 0. The lowest BCUT2D eigenvalue weighted by atomic mass is 10.1. The summed E-state index contributed by atoms with van der Waals surface area (Å²) >= 11 is 0. The van der Waals surface area contributed by atoms with Gasteiger partial charge in [0.05, 0.1) is 5.71 Å². The highest BCUT2D eigenvalue weighted by molar-refractivity contribution is 6.03. The second-order valence-electron chi connectivity index (χ2n) is 4.74. The number of rotatable bonds is 4. The van der Waals surface area contributed by atoms with E-state index in [1.807, 2.05) is 32.0 Å². The molecule has 0 saturated heterocycles. The fraction of sp³-hybridized carbons (Fsp3) is 0.176. The van der Waals surface area contributed by atoms with Crippen molar-refractivity contribution in [3.8, 4) is 5.75 Å². The van der Waals surface area contributed by atoms with Crippen molar-refractivity contribution in [3.05, 3.63) is 65.2 Å². The molecule has 0 unspecified atom stereocenters. The SMILES string of the molecule is CC/C(=N\NC(=O)c1cccc(C)c1)c1ccccc1O. The summed E-state index contributed by atoms with van der Waals surface area (Å²) < 4.78 is 0. The van der Waals surface area contributed by atoms with Crippen molar-refractivity contribution < 1.29 is 9.90 Å². The van der Waals surface area contributed by atoms with E-state index in [1.54, 1.807) is 30.3 Å². The molecule has 108 valence electrons. The number of benzene rings is 2. The third kappa shape index (κ3) is 3.69. The fourth-order valence-corrected chi connectivity index (χ4v) is 2.02. The first-order valence-electron chi connectivity index (χ1n) is 6.83. The van der Waals surface area contributed by atoms with Crippen LogP contribution in [0.2, 0.25) is 0 Å². The van der Waals surface area contributed by atoms with Crippen molar-refractivity contribution >= 4 is 11.6 Å². The first-order chi connectivity index (χ1) is 10.1. The molecule has 0 radical (unpaired) electrons. The van der Waals surface area contributed by atoms with Crippen LogP contribution in [0.25, 0.3) is 0 Å². The van der Waals surface area contributed by atoms with E-state index in [1.165, 1.54) is 0 Å². The molecule has 2 N–H and O–H groups in total. The van der Waals surface area contributed by atoms with Crippen LogP contribution in [0.15, 0.2) is 53.6 Å². The maximum Gasteiger partial charge on any atom is 0.271 e. The van der Waals surface area contributed by atoms with E-state index < -0.39 is 0 Å². The molecule has 0 bridgehead atoms. The quantitative estimate of drug-likeness (QED) is 0.668. The number of hydrazone groups is 1. The van der Waals surface area contributed by atoms with Gasteiger partial charge in [-0.1, -0.05) is 36.8 Å². The normalized spacial score (nSPS) is 11.2. The first-order valence-corrected chi connectivity index (χ1v) is 6.83. The van der Waals surface area contributed by atoms with Crippen molar-refractivity contribution in [3.63, 3.8) is 0 Å². The minimum Gasteiger partial charge on any atom is -0.507 e. The summed E-state index contributed by atoms with van der Waals surface area (Å²) in [4.78, 5) is 12.1. The fourth-order valence-electron chi connectivity index (χ4n) is 2.02. The van der Waals surface area contributed by atoms with Gasteiger partial charge in [-0.15, -0.1) is 0 Å². The third-order valence-electron chi connectivity index (χ3n) is 3.12. The molecule has 21 heavy (non-hydrogen) atoms. The molecule has 0 aliphatic heterocycles. The number of aromatic hydroxyl groups is 1. The van der Waals surface area contributed by atoms with Gasteiger partial charge in [0.25, 0.3) is 5.91 Å². The number of para-hydroxylation sites is 1. The van der Waals surface area contributed by atoms with Crippen molar-refractivity contribution in [2.45, 2.75) is 20.3 Å². The molecule has 4 nitrogen and oxygen atoms in total. The standard InChI is InChI=1S/C17H18N2O2/c1-3-15(14-9-4-5-10-16(14)20)18-19-17(21)13-8-6-7-12(2)11-13/h4-11,20H,3H2,1-2H3,(H,19,21)/b18-15+. The highest BCUT2D eigenvalue weighted by atomic mass is 16.3. The molecule has 2 rings (SSSR count). The topological polar surface area (TPSA) is 61.7 Å². The van der Waals surface area contributed by atoms with Gasteiger partial charge in [-0.25, -0.2) is 5.43 Å². The van der Waals surface area contributed by atoms with Gasteiger partial charge < -0.3 is 5.11 Å². The molecule has 0 aromatic heterocycles. The Labute approximate surface area is 124 Å². The third-order valence-corrected chi connectivity index (χ3v) is 3.12. The van der Waals surface area contributed by atoms with Crippen LogP contribution < -0.4 is 5.43 Å². The van der Waals surface area contributed by atoms with Crippen LogP contribution in [0.1, 0.15) is 34.8 Å². The lowest BCUT2D eigenvalue weighted by Crippen LogP contribution is -2.20. The molecule has 1 amide bonds. The Bertz CT molecular complexity index is 678. The smallest absolute Gasteiger partial charge is 0.271 e. The van der Waals surface area contributed by atoms with Crippen LogP contribution in [0.5, 0.6) is 5.75 Å². The predicted octanol–water partition coefficient (Wildman–Crippen LogP) is 3.24. The Morgan fingerprint density at radius 2 is 1.95 bits per heavy atom. The number of carbonyl (C=O) groups is 1. The first kappa shape index (κ1) is 14.8. The van der Waals surface area contributed by atoms with E-state index in [9.17, 15) is 9.90 Å². The summed E-state index contributed by atoms with van der Waals surface area (Å²) in [5.74, 6) is -0.108. The average Bonchev–Trinajstić information content (AvgIpc) is 2.49. The summed E-state index contributed by atoms with van der Waals surface area (Å²) in [6.07, 6.45) is 0.603. The van der Waals surface area contributed by atoms with E-state index in [0.717, 1.165) is 5.56 Å². The summed E-state index contributed by atoms with van der Waals surface area (Å²) in [5.41, 5.74) is 5.38. The lowest BCUT2D eigenvalue weighted by molar-refractivity contribution is 0.0954. The van der Waals surface area contributed by atoms with Gasteiger partial charge in [0.15, 0.2) is 0 Å². The Morgan fingerprint density at radius 1 is 1.19 bits per heavy atom. The number of nitrogens with one attached hydrogen (secondary N) is 1. The van der Waals surface area contributed by atoms with Crippen LogP contribution in [0.3, 0.4) is 0 Å². The summed E-state index contributed by atoms with van der Waals surface area (Å²) in [6.45, 7) is 3.85. The van der Waals surface area contributed by atoms with Gasteiger partial charge in [-0.3, -0.25) is 4.79 Å². The van der Waals surface area contributed by atoms with Crippen molar-refractivity contribution in [2.24, 2.45) is 5.10 Å². The van der Waals surface area contributed by atoms with Crippen LogP contribution >= 0.6 is 0 Å². The molecule has 2 aromatic rings. The van der Waals surface area contributed by atoms with E-state index in [4.69, 9.17) is 0 Å². The molecular weight excluding hydrogens is 264 g/mol. The molecule has 0 heterocycles. The molecular formula is C17H18N2O2. The largest absolute Gasteiger partial charge is 0.507 e. The van der Waals surface area contributed by atoms with E-state index in [0.29, 0.717) is 23.3 Å². The van der Waals surface area contributed by atoms with E-state index >= 15 is 0 Å². The van der Waals surface area contributed by atoms with Crippen LogP contribution in [-0.4, -0.2) is 16.7 Å². The number of aryl methyl sites for hydroxylation is 1. The van der Waals surface area contributed by atoms with Gasteiger partial charge in [0.2, 0.25) is 0 Å². The molecule has 0 fully saturated rings. The number of phenolic OH excluding ortho intramolecular Hbond substituents is 1. The highest BCUT2D eigenvalue weighted by Gasteiger charge is 2.08. The molecule has 2 aromatic carbocycles. The zero-order valence-corrected chi connectivity index (χ0v) is 12.1. The molecule has 0 atom stereocenters. The van der Waals surface area contributed by atoms with Gasteiger partial charge in [0.1, 0.15) is 5.75 Å². The second-order valence-corrected chi connectivity index (χ2v) is 4.74. The van der Waals surface area contributed by atoms with Crippen molar-refractivity contribution in [1.82, 2.24) is 5.43 Å². The Morgan fingerprint density at radius 3 is 2.62 bits per heavy atom. The number of carbonyl (C=O) groups excluding carboxylic acids is 1.